The van der Waals surface area contributed by atoms with Crippen LogP contribution in [0.4, 0.5) is 0 Å². The summed E-state index contributed by atoms with van der Waals surface area (Å²) in [5.41, 5.74) is 5.26. The summed E-state index contributed by atoms with van der Waals surface area (Å²) in [4.78, 5) is 10.5. The fourth-order valence-electron chi connectivity index (χ4n) is 0.922. The lowest BCUT2D eigenvalue weighted by Crippen LogP contribution is -2.38. The van der Waals surface area contributed by atoms with Crippen molar-refractivity contribution in [2.45, 2.75) is 24.6 Å². The van der Waals surface area contributed by atoms with Crippen molar-refractivity contribution in [2.24, 2.45) is 5.73 Å². The quantitative estimate of drug-likeness (QED) is 0.571. The van der Waals surface area contributed by atoms with E-state index in [2.05, 4.69) is 5.32 Å². The summed E-state index contributed by atoms with van der Waals surface area (Å²) in [6, 6.07) is -0.519. The van der Waals surface area contributed by atoms with Crippen LogP contribution in [-0.2, 0) is 9.53 Å². The maximum atomic E-state index is 10.5. The normalized spacial score (nSPS) is 30.3. The number of aliphatic carboxylic acids is 1. The van der Waals surface area contributed by atoms with Crippen molar-refractivity contribution in [1.29, 1.82) is 0 Å². The largest absolute Gasteiger partial charge is 0.480 e. The number of hydrogen-bond acceptors (Lipinski definition) is 5. The van der Waals surface area contributed by atoms with Crippen LogP contribution < -0.4 is 11.1 Å². The maximum Gasteiger partial charge on any atom is 0.321 e. The molecule has 0 saturated carbocycles. The second-order valence-electron chi connectivity index (χ2n) is 3.03. The molecule has 0 spiro atoms. The SMILES string of the molecule is CC(N)COC1NC(C(=O)O)CS1. The molecule has 1 heterocycles. The van der Waals surface area contributed by atoms with Gasteiger partial charge in [-0.15, -0.1) is 11.8 Å². The molecule has 0 radical (unpaired) electrons. The molecule has 0 bridgehead atoms. The van der Waals surface area contributed by atoms with Crippen molar-refractivity contribution >= 4 is 17.7 Å². The molecule has 1 aliphatic rings. The van der Waals surface area contributed by atoms with Crippen LogP contribution in [-0.4, -0.2) is 41.1 Å². The molecule has 1 rings (SSSR count). The van der Waals surface area contributed by atoms with Gasteiger partial charge in [0.25, 0.3) is 0 Å². The highest BCUT2D eigenvalue weighted by atomic mass is 32.2. The standard InChI is InChI=1S/C7H14N2O3S/c1-4(8)2-12-7-9-5(3-13-7)6(10)11/h4-5,7,9H,2-3,8H2,1H3,(H,10,11). The Morgan fingerprint density at radius 2 is 2.62 bits per heavy atom. The number of ether oxygens (including phenoxy) is 1. The van der Waals surface area contributed by atoms with E-state index in [-0.39, 0.29) is 11.6 Å². The van der Waals surface area contributed by atoms with Crippen LogP contribution in [0.2, 0.25) is 0 Å². The third-order valence-electron chi connectivity index (χ3n) is 1.56. The molecule has 1 saturated heterocycles. The zero-order chi connectivity index (χ0) is 9.84. The van der Waals surface area contributed by atoms with E-state index in [4.69, 9.17) is 15.6 Å². The van der Waals surface area contributed by atoms with Crippen LogP contribution >= 0.6 is 11.8 Å². The highest BCUT2D eigenvalue weighted by Crippen LogP contribution is 2.19. The Hall–Kier alpha value is -0.300. The smallest absolute Gasteiger partial charge is 0.321 e. The summed E-state index contributed by atoms with van der Waals surface area (Å²) in [6.45, 7) is 2.28. The van der Waals surface area contributed by atoms with Gasteiger partial charge in [0.15, 0.2) is 5.56 Å². The van der Waals surface area contributed by atoms with Crippen molar-refractivity contribution in [3.05, 3.63) is 0 Å². The highest BCUT2D eigenvalue weighted by molar-refractivity contribution is 8.00. The Morgan fingerprint density at radius 1 is 1.92 bits per heavy atom. The molecule has 3 atom stereocenters. The molecule has 3 unspecified atom stereocenters. The van der Waals surface area contributed by atoms with Gasteiger partial charge in [0.2, 0.25) is 0 Å². The Labute approximate surface area is 81.0 Å². The lowest BCUT2D eigenvalue weighted by atomic mass is 10.3. The van der Waals surface area contributed by atoms with Crippen LogP contribution in [0.15, 0.2) is 0 Å². The van der Waals surface area contributed by atoms with E-state index in [9.17, 15) is 4.79 Å². The van der Waals surface area contributed by atoms with E-state index in [0.29, 0.717) is 12.4 Å². The third-order valence-corrected chi connectivity index (χ3v) is 2.66. The summed E-state index contributed by atoms with van der Waals surface area (Å²) < 4.78 is 5.31. The predicted octanol–water partition coefficient (Wildman–Crippen LogP) is -0.577. The average molecular weight is 206 g/mol. The van der Waals surface area contributed by atoms with Gasteiger partial charge in [0, 0.05) is 11.8 Å². The first-order chi connectivity index (χ1) is 6.09. The zero-order valence-corrected chi connectivity index (χ0v) is 8.21. The summed E-state index contributed by atoms with van der Waals surface area (Å²) in [5.74, 6) is -0.293. The van der Waals surface area contributed by atoms with E-state index in [1.54, 1.807) is 0 Å². The molecular formula is C7H14N2O3S. The minimum absolute atomic E-state index is 0.0220. The lowest BCUT2D eigenvalue weighted by molar-refractivity contribution is -0.139. The summed E-state index contributed by atoms with van der Waals surface area (Å²) in [6.07, 6.45) is 0. The molecule has 0 aliphatic carbocycles. The number of rotatable bonds is 4. The molecule has 0 aromatic heterocycles. The topological polar surface area (TPSA) is 84.6 Å². The Bertz CT molecular complexity index is 189. The van der Waals surface area contributed by atoms with Crippen LogP contribution in [0.1, 0.15) is 6.92 Å². The molecule has 0 aromatic rings. The number of nitrogens with one attached hydrogen (secondary N) is 1. The van der Waals surface area contributed by atoms with Gasteiger partial charge in [0.05, 0.1) is 6.61 Å². The fourth-order valence-corrected chi connectivity index (χ4v) is 1.96. The van der Waals surface area contributed by atoms with Gasteiger partial charge in [-0.05, 0) is 6.92 Å². The predicted molar refractivity (Wildman–Crippen MR) is 50.4 cm³/mol. The van der Waals surface area contributed by atoms with Crippen molar-refractivity contribution in [3.8, 4) is 0 Å². The zero-order valence-electron chi connectivity index (χ0n) is 7.40. The van der Waals surface area contributed by atoms with Crippen molar-refractivity contribution in [3.63, 3.8) is 0 Å². The van der Waals surface area contributed by atoms with Crippen LogP contribution in [0, 0.1) is 0 Å². The molecule has 13 heavy (non-hydrogen) atoms. The van der Waals surface area contributed by atoms with Gasteiger partial charge >= 0.3 is 5.97 Å². The second kappa shape index (κ2) is 4.80. The number of carbonyl (C=O) groups is 1. The summed E-state index contributed by atoms with van der Waals surface area (Å²) >= 11 is 1.45. The van der Waals surface area contributed by atoms with E-state index >= 15 is 0 Å². The third kappa shape index (κ3) is 3.51. The second-order valence-corrected chi connectivity index (χ2v) is 4.13. The summed E-state index contributed by atoms with van der Waals surface area (Å²) in [5, 5.41) is 11.5. The molecule has 1 aliphatic heterocycles. The van der Waals surface area contributed by atoms with E-state index in [1.807, 2.05) is 6.92 Å². The lowest BCUT2D eigenvalue weighted by Gasteiger charge is -2.13. The first-order valence-electron chi connectivity index (χ1n) is 4.07. The van der Waals surface area contributed by atoms with E-state index in [1.165, 1.54) is 11.8 Å². The van der Waals surface area contributed by atoms with Gasteiger partial charge in [-0.1, -0.05) is 0 Å². The number of thioether (sulfide) groups is 1. The average Bonchev–Trinajstić information content (AvgIpc) is 2.48. The molecule has 6 heteroatoms. The number of carboxylic acids is 1. The van der Waals surface area contributed by atoms with Gasteiger partial charge in [-0.2, -0.15) is 0 Å². The van der Waals surface area contributed by atoms with E-state index < -0.39 is 12.0 Å². The highest BCUT2D eigenvalue weighted by Gasteiger charge is 2.29. The van der Waals surface area contributed by atoms with Crippen LogP contribution in [0.25, 0.3) is 0 Å². The molecule has 1 fully saturated rings. The number of nitrogens with two attached hydrogens (primary N) is 1. The first kappa shape index (κ1) is 10.8. The Morgan fingerprint density at radius 3 is 3.08 bits per heavy atom. The molecular weight excluding hydrogens is 192 g/mol. The number of hydrogen-bond donors (Lipinski definition) is 3. The molecule has 76 valence electrons. The van der Waals surface area contributed by atoms with Crippen molar-refractivity contribution in [2.75, 3.05) is 12.4 Å². The van der Waals surface area contributed by atoms with Crippen molar-refractivity contribution < 1.29 is 14.6 Å². The van der Waals surface area contributed by atoms with Crippen molar-refractivity contribution in [1.82, 2.24) is 5.32 Å². The van der Waals surface area contributed by atoms with Gasteiger partial charge in [0.1, 0.15) is 6.04 Å². The molecule has 5 nitrogen and oxygen atoms in total. The Balaban J connectivity index is 2.21. The first-order valence-corrected chi connectivity index (χ1v) is 5.12. The van der Waals surface area contributed by atoms with Gasteiger partial charge in [-0.25, -0.2) is 0 Å². The fraction of sp³-hybridized carbons (Fsp3) is 0.857. The maximum absolute atomic E-state index is 10.5. The minimum Gasteiger partial charge on any atom is -0.480 e. The number of carboxylic acid groups (broad SMARTS) is 1. The van der Waals surface area contributed by atoms with Crippen LogP contribution in [0.3, 0.4) is 0 Å². The molecule has 0 aromatic carbocycles. The summed E-state index contributed by atoms with van der Waals surface area (Å²) in [7, 11) is 0. The monoisotopic (exact) mass is 206 g/mol. The van der Waals surface area contributed by atoms with Gasteiger partial charge < -0.3 is 15.6 Å². The van der Waals surface area contributed by atoms with E-state index in [0.717, 1.165) is 0 Å². The molecule has 0 amide bonds. The molecule has 4 N–H and O–H groups in total. The van der Waals surface area contributed by atoms with Crippen LogP contribution in [0.5, 0.6) is 0 Å². The minimum atomic E-state index is -0.834. The Kier molecular flexibility index (Phi) is 3.98. The van der Waals surface area contributed by atoms with Gasteiger partial charge in [-0.3, -0.25) is 10.1 Å².